The Morgan fingerprint density at radius 2 is 1.95 bits per heavy atom. The van der Waals surface area contributed by atoms with Crippen LogP contribution in [-0.2, 0) is 4.74 Å². The van der Waals surface area contributed by atoms with Crippen molar-refractivity contribution in [2.24, 2.45) is 0 Å². The lowest BCUT2D eigenvalue weighted by atomic mass is 10.2. The standard InChI is InChI=1S/C15H16N2O3.ClH/c1-19-9-10-20-14-6-4-13(5-7-14)17-15(18)12-3-2-8-16-11-12;/h2-8,11H,9-10H2,1H3,(H,17,18);1H. The fourth-order valence-electron chi connectivity index (χ4n) is 1.58. The maximum atomic E-state index is 11.9. The molecule has 1 aromatic heterocycles. The van der Waals surface area contributed by atoms with E-state index in [1.54, 1.807) is 49.7 Å². The van der Waals surface area contributed by atoms with Crippen molar-refractivity contribution < 1.29 is 14.3 Å². The minimum Gasteiger partial charge on any atom is -0.491 e. The zero-order valence-electron chi connectivity index (χ0n) is 11.6. The van der Waals surface area contributed by atoms with Crippen LogP contribution in [0.2, 0.25) is 0 Å². The van der Waals surface area contributed by atoms with E-state index < -0.39 is 0 Å². The first kappa shape index (κ1) is 16.9. The monoisotopic (exact) mass is 308 g/mol. The predicted octanol–water partition coefficient (Wildman–Crippen LogP) is 2.78. The van der Waals surface area contributed by atoms with Crippen LogP contribution in [0.1, 0.15) is 10.4 Å². The first-order chi connectivity index (χ1) is 9.79. The topological polar surface area (TPSA) is 60.5 Å². The second-order valence-electron chi connectivity index (χ2n) is 4.06. The molecule has 0 saturated carbocycles. The molecule has 0 aliphatic rings. The van der Waals surface area contributed by atoms with Gasteiger partial charge in [0.25, 0.3) is 5.91 Å². The van der Waals surface area contributed by atoms with Gasteiger partial charge in [-0.3, -0.25) is 9.78 Å². The van der Waals surface area contributed by atoms with Crippen molar-refractivity contribution in [3.8, 4) is 5.75 Å². The van der Waals surface area contributed by atoms with E-state index in [2.05, 4.69) is 10.3 Å². The largest absolute Gasteiger partial charge is 0.491 e. The molecular weight excluding hydrogens is 292 g/mol. The van der Waals surface area contributed by atoms with E-state index in [0.717, 1.165) is 5.75 Å². The number of hydrogen-bond donors (Lipinski definition) is 1. The molecule has 0 aliphatic carbocycles. The van der Waals surface area contributed by atoms with Gasteiger partial charge in [0.05, 0.1) is 12.2 Å². The summed E-state index contributed by atoms with van der Waals surface area (Å²) in [6, 6.07) is 10.6. The molecule has 0 aliphatic heterocycles. The third-order valence-electron chi connectivity index (χ3n) is 2.59. The van der Waals surface area contributed by atoms with Crippen LogP contribution in [0.25, 0.3) is 0 Å². The number of aromatic nitrogens is 1. The van der Waals surface area contributed by atoms with Gasteiger partial charge in [-0.2, -0.15) is 0 Å². The average molecular weight is 309 g/mol. The van der Waals surface area contributed by atoms with Crippen molar-refractivity contribution in [2.45, 2.75) is 0 Å². The molecule has 112 valence electrons. The van der Waals surface area contributed by atoms with E-state index in [0.29, 0.717) is 24.5 Å². The van der Waals surface area contributed by atoms with E-state index in [-0.39, 0.29) is 18.3 Å². The maximum absolute atomic E-state index is 11.9. The maximum Gasteiger partial charge on any atom is 0.257 e. The molecule has 0 unspecified atom stereocenters. The number of anilines is 1. The highest BCUT2D eigenvalue weighted by molar-refractivity contribution is 6.04. The quantitative estimate of drug-likeness (QED) is 0.834. The number of benzene rings is 1. The fourth-order valence-corrected chi connectivity index (χ4v) is 1.58. The molecule has 0 fully saturated rings. The van der Waals surface area contributed by atoms with Crippen LogP contribution in [-0.4, -0.2) is 31.2 Å². The molecule has 2 aromatic rings. The number of pyridine rings is 1. The summed E-state index contributed by atoms with van der Waals surface area (Å²) in [4.78, 5) is 15.8. The van der Waals surface area contributed by atoms with Crippen molar-refractivity contribution in [2.75, 3.05) is 25.6 Å². The van der Waals surface area contributed by atoms with Gasteiger partial charge in [0.2, 0.25) is 0 Å². The molecule has 2 rings (SSSR count). The Morgan fingerprint density at radius 1 is 1.19 bits per heavy atom. The summed E-state index contributed by atoms with van der Waals surface area (Å²) in [5.74, 6) is 0.549. The van der Waals surface area contributed by atoms with Crippen molar-refractivity contribution >= 4 is 24.0 Å². The van der Waals surface area contributed by atoms with Crippen LogP contribution in [0.15, 0.2) is 48.8 Å². The Bertz CT molecular complexity index is 547. The highest BCUT2D eigenvalue weighted by Gasteiger charge is 2.05. The molecule has 0 atom stereocenters. The molecule has 1 N–H and O–H groups in total. The van der Waals surface area contributed by atoms with E-state index in [4.69, 9.17) is 9.47 Å². The molecule has 6 heteroatoms. The number of carbonyl (C=O) groups is 1. The molecule has 1 heterocycles. The van der Waals surface area contributed by atoms with Crippen molar-refractivity contribution in [1.29, 1.82) is 0 Å². The Hall–Kier alpha value is -2.11. The van der Waals surface area contributed by atoms with Gasteiger partial charge in [0.15, 0.2) is 0 Å². The van der Waals surface area contributed by atoms with Gasteiger partial charge >= 0.3 is 0 Å². The zero-order valence-corrected chi connectivity index (χ0v) is 12.4. The summed E-state index contributed by atoms with van der Waals surface area (Å²) in [6.07, 6.45) is 3.15. The number of rotatable bonds is 6. The molecule has 5 nitrogen and oxygen atoms in total. The first-order valence-corrected chi connectivity index (χ1v) is 6.23. The summed E-state index contributed by atoms with van der Waals surface area (Å²) >= 11 is 0. The lowest BCUT2D eigenvalue weighted by molar-refractivity contribution is 0.102. The number of methoxy groups -OCH3 is 1. The van der Waals surface area contributed by atoms with Crippen LogP contribution in [0, 0.1) is 0 Å². The summed E-state index contributed by atoms with van der Waals surface area (Å²) in [6.45, 7) is 1.04. The van der Waals surface area contributed by atoms with Gasteiger partial charge in [-0.05, 0) is 36.4 Å². The SMILES string of the molecule is COCCOc1ccc(NC(=O)c2cccnc2)cc1.Cl. The molecule has 1 amide bonds. The lowest BCUT2D eigenvalue weighted by Gasteiger charge is -2.08. The van der Waals surface area contributed by atoms with E-state index >= 15 is 0 Å². The fraction of sp³-hybridized carbons (Fsp3) is 0.200. The number of ether oxygens (including phenoxy) is 2. The smallest absolute Gasteiger partial charge is 0.257 e. The summed E-state index contributed by atoms with van der Waals surface area (Å²) in [5, 5.41) is 2.79. The number of amides is 1. The molecule has 21 heavy (non-hydrogen) atoms. The normalized spacial score (nSPS) is 9.57. The minimum absolute atomic E-state index is 0. The Kier molecular flexibility index (Phi) is 7.21. The summed E-state index contributed by atoms with van der Waals surface area (Å²) in [5.41, 5.74) is 1.23. The number of nitrogens with zero attached hydrogens (tertiary/aromatic N) is 1. The van der Waals surface area contributed by atoms with Gasteiger partial charge < -0.3 is 14.8 Å². The van der Waals surface area contributed by atoms with E-state index in [9.17, 15) is 4.79 Å². The van der Waals surface area contributed by atoms with Gasteiger partial charge in [-0.25, -0.2) is 0 Å². The van der Waals surface area contributed by atoms with E-state index in [1.165, 1.54) is 6.20 Å². The molecule has 1 aromatic carbocycles. The molecule has 0 saturated heterocycles. The van der Waals surface area contributed by atoms with Crippen LogP contribution in [0.4, 0.5) is 5.69 Å². The van der Waals surface area contributed by atoms with Crippen LogP contribution >= 0.6 is 12.4 Å². The van der Waals surface area contributed by atoms with Crippen molar-refractivity contribution in [3.05, 3.63) is 54.4 Å². The zero-order chi connectivity index (χ0) is 14.2. The summed E-state index contributed by atoms with van der Waals surface area (Å²) < 4.78 is 10.3. The molecule has 0 bridgehead atoms. The lowest BCUT2D eigenvalue weighted by Crippen LogP contribution is -2.12. The average Bonchev–Trinajstić information content (AvgIpc) is 2.50. The number of carbonyl (C=O) groups excluding carboxylic acids is 1. The number of hydrogen-bond acceptors (Lipinski definition) is 4. The van der Waals surface area contributed by atoms with Gasteiger partial charge in [0.1, 0.15) is 12.4 Å². The number of nitrogens with one attached hydrogen (secondary N) is 1. The third-order valence-corrected chi connectivity index (χ3v) is 2.59. The van der Waals surface area contributed by atoms with Crippen LogP contribution < -0.4 is 10.1 Å². The van der Waals surface area contributed by atoms with Crippen LogP contribution in [0.5, 0.6) is 5.75 Å². The van der Waals surface area contributed by atoms with Crippen LogP contribution in [0.3, 0.4) is 0 Å². The Balaban J connectivity index is 0.00000220. The second kappa shape index (κ2) is 8.94. The Labute approximate surface area is 129 Å². The number of halogens is 1. The minimum atomic E-state index is -0.189. The first-order valence-electron chi connectivity index (χ1n) is 6.23. The summed E-state index contributed by atoms with van der Waals surface area (Å²) in [7, 11) is 1.63. The molecule has 0 spiro atoms. The van der Waals surface area contributed by atoms with Gasteiger partial charge in [-0.15, -0.1) is 12.4 Å². The van der Waals surface area contributed by atoms with Gasteiger partial charge in [-0.1, -0.05) is 0 Å². The Morgan fingerprint density at radius 3 is 2.57 bits per heavy atom. The molecular formula is C15H17ClN2O3. The predicted molar refractivity (Wildman–Crippen MR) is 83.3 cm³/mol. The second-order valence-corrected chi connectivity index (χ2v) is 4.06. The third kappa shape index (κ3) is 5.41. The highest BCUT2D eigenvalue weighted by atomic mass is 35.5. The van der Waals surface area contributed by atoms with E-state index in [1.807, 2.05) is 0 Å². The van der Waals surface area contributed by atoms with Gasteiger partial charge in [0, 0.05) is 25.2 Å². The van der Waals surface area contributed by atoms with Crippen molar-refractivity contribution in [3.63, 3.8) is 0 Å². The highest BCUT2D eigenvalue weighted by Crippen LogP contribution is 2.16. The molecule has 0 radical (unpaired) electrons. The van der Waals surface area contributed by atoms with Crippen molar-refractivity contribution in [1.82, 2.24) is 4.98 Å².